The lowest BCUT2D eigenvalue weighted by molar-refractivity contribution is 0.660. The van der Waals surface area contributed by atoms with Crippen LogP contribution in [0, 0.1) is 0 Å². The fraction of sp³-hybridized carbons (Fsp3) is 0.0588. The van der Waals surface area contributed by atoms with Crippen molar-refractivity contribution >= 4 is 21.5 Å². The van der Waals surface area contributed by atoms with E-state index in [2.05, 4.69) is 178 Å². The van der Waals surface area contributed by atoms with Gasteiger partial charge in [0.1, 0.15) is 0 Å². The van der Waals surface area contributed by atoms with Crippen molar-refractivity contribution in [1.29, 1.82) is 0 Å². The molecular formula is C51H36N2. The Hall–Kier alpha value is -6.64. The first-order chi connectivity index (χ1) is 26.0. The Morgan fingerprint density at radius 1 is 0.358 bits per heavy atom. The lowest BCUT2D eigenvalue weighted by Crippen LogP contribution is -2.14. The molecule has 0 fully saturated rings. The van der Waals surface area contributed by atoms with Crippen molar-refractivity contribution in [1.82, 2.24) is 9.97 Å². The van der Waals surface area contributed by atoms with Crippen LogP contribution in [0.4, 0.5) is 0 Å². The molecule has 0 bridgehead atoms. The molecule has 53 heavy (non-hydrogen) atoms. The van der Waals surface area contributed by atoms with E-state index in [9.17, 15) is 0 Å². The van der Waals surface area contributed by atoms with Gasteiger partial charge in [-0.3, -0.25) is 0 Å². The van der Waals surface area contributed by atoms with E-state index in [0.717, 1.165) is 28.1 Å². The third-order valence-electron chi connectivity index (χ3n) is 11.1. The fourth-order valence-corrected chi connectivity index (χ4v) is 8.42. The summed E-state index contributed by atoms with van der Waals surface area (Å²) in [6.07, 6.45) is 0. The number of hydrogen-bond acceptors (Lipinski definition) is 2. The molecule has 1 heterocycles. The molecule has 250 valence electrons. The molecule has 9 aromatic rings. The van der Waals surface area contributed by atoms with Crippen molar-refractivity contribution in [3.63, 3.8) is 0 Å². The van der Waals surface area contributed by atoms with Crippen LogP contribution in [0.15, 0.2) is 182 Å². The van der Waals surface area contributed by atoms with Crippen molar-refractivity contribution in [2.45, 2.75) is 19.3 Å². The molecule has 0 N–H and O–H groups in total. The highest BCUT2D eigenvalue weighted by Gasteiger charge is 2.36. The zero-order valence-corrected chi connectivity index (χ0v) is 29.7. The second-order valence-corrected chi connectivity index (χ2v) is 14.6. The molecule has 10 rings (SSSR count). The van der Waals surface area contributed by atoms with E-state index in [1.807, 2.05) is 18.2 Å². The summed E-state index contributed by atoms with van der Waals surface area (Å²) in [5.41, 5.74) is 15.3. The average Bonchev–Trinajstić information content (AvgIpc) is 3.46. The zero-order valence-electron chi connectivity index (χ0n) is 29.7. The summed E-state index contributed by atoms with van der Waals surface area (Å²) in [6, 6.07) is 65.4. The van der Waals surface area contributed by atoms with Crippen LogP contribution in [0.3, 0.4) is 0 Å². The van der Waals surface area contributed by atoms with Gasteiger partial charge >= 0.3 is 0 Å². The normalized spacial score (nSPS) is 12.9. The molecule has 0 spiro atoms. The zero-order chi connectivity index (χ0) is 35.5. The highest BCUT2D eigenvalue weighted by atomic mass is 14.9. The maximum Gasteiger partial charge on any atom is 0.160 e. The van der Waals surface area contributed by atoms with Gasteiger partial charge in [0.15, 0.2) is 5.82 Å². The summed E-state index contributed by atoms with van der Waals surface area (Å²) in [5.74, 6) is 0.714. The molecule has 0 aliphatic heterocycles. The van der Waals surface area contributed by atoms with Crippen LogP contribution in [0.2, 0.25) is 0 Å². The number of nitrogens with zero attached hydrogens (tertiary/aromatic N) is 2. The van der Waals surface area contributed by atoms with Crippen molar-refractivity contribution in [3.05, 3.63) is 193 Å². The molecule has 1 aromatic heterocycles. The molecule has 0 atom stereocenters. The average molecular weight is 677 g/mol. The van der Waals surface area contributed by atoms with E-state index < -0.39 is 0 Å². The molecule has 1 aliphatic carbocycles. The highest BCUT2D eigenvalue weighted by molar-refractivity contribution is 6.04. The number of hydrogen-bond donors (Lipinski definition) is 0. The van der Waals surface area contributed by atoms with Crippen molar-refractivity contribution in [2.24, 2.45) is 0 Å². The predicted molar refractivity (Wildman–Crippen MR) is 222 cm³/mol. The van der Waals surface area contributed by atoms with Gasteiger partial charge in [-0.25, -0.2) is 9.97 Å². The first kappa shape index (κ1) is 31.1. The van der Waals surface area contributed by atoms with E-state index >= 15 is 0 Å². The van der Waals surface area contributed by atoms with Crippen LogP contribution in [-0.4, -0.2) is 9.97 Å². The van der Waals surface area contributed by atoms with Crippen LogP contribution in [0.5, 0.6) is 0 Å². The van der Waals surface area contributed by atoms with Gasteiger partial charge in [0.2, 0.25) is 0 Å². The monoisotopic (exact) mass is 676 g/mol. The van der Waals surface area contributed by atoms with Gasteiger partial charge in [-0.2, -0.15) is 0 Å². The summed E-state index contributed by atoms with van der Waals surface area (Å²) in [5, 5.41) is 4.75. The molecule has 8 aromatic carbocycles. The Kier molecular flexibility index (Phi) is 7.19. The van der Waals surface area contributed by atoms with Crippen LogP contribution in [0.1, 0.15) is 25.0 Å². The summed E-state index contributed by atoms with van der Waals surface area (Å²) in [4.78, 5) is 10.4. The first-order valence-electron chi connectivity index (χ1n) is 18.3. The molecule has 2 nitrogen and oxygen atoms in total. The van der Waals surface area contributed by atoms with Crippen molar-refractivity contribution in [2.75, 3.05) is 0 Å². The first-order valence-corrected chi connectivity index (χ1v) is 18.3. The van der Waals surface area contributed by atoms with Gasteiger partial charge < -0.3 is 0 Å². The minimum atomic E-state index is -0.0289. The molecule has 0 radical (unpaired) electrons. The van der Waals surface area contributed by atoms with Crippen molar-refractivity contribution < 1.29 is 0 Å². The van der Waals surface area contributed by atoms with Crippen LogP contribution >= 0.6 is 0 Å². The number of rotatable bonds is 5. The molecule has 0 amide bonds. The third kappa shape index (κ3) is 5.18. The van der Waals surface area contributed by atoms with E-state index in [1.54, 1.807) is 0 Å². The summed E-state index contributed by atoms with van der Waals surface area (Å²) in [7, 11) is 0. The lowest BCUT2D eigenvalue weighted by Gasteiger charge is -2.21. The smallest absolute Gasteiger partial charge is 0.160 e. The second kappa shape index (κ2) is 12.3. The molecule has 2 heteroatoms. The van der Waals surface area contributed by atoms with Gasteiger partial charge in [0, 0.05) is 22.1 Å². The Balaban J connectivity index is 1.10. The summed E-state index contributed by atoms with van der Waals surface area (Å²) < 4.78 is 0. The number of fused-ring (bicyclic) bond motifs is 5. The largest absolute Gasteiger partial charge is 0.228 e. The number of aromatic nitrogens is 2. The SMILES string of the molecule is CC1(C)c2ccccc2-c2c(-c3ccc4cc(-c5cc(-c6cccc7c(-c8ccccc8)cccc67)nc(-c6ccccc6)n5)ccc4c3)cccc21. The Labute approximate surface area is 310 Å². The van der Waals surface area contributed by atoms with Gasteiger partial charge in [-0.1, -0.05) is 178 Å². The van der Waals surface area contributed by atoms with E-state index in [4.69, 9.17) is 9.97 Å². The van der Waals surface area contributed by atoms with Crippen LogP contribution < -0.4 is 0 Å². The van der Waals surface area contributed by atoms with Gasteiger partial charge in [0.05, 0.1) is 11.4 Å². The molecule has 0 unspecified atom stereocenters. The third-order valence-corrected chi connectivity index (χ3v) is 11.1. The quantitative estimate of drug-likeness (QED) is 0.181. The minimum Gasteiger partial charge on any atom is -0.228 e. The highest BCUT2D eigenvalue weighted by Crippen LogP contribution is 2.52. The van der Waals surface area contributed by atoms with E-state index in [0.29, 0.717) is 5.82 Å². The molecular weight excluding hydrogens is 641 g/mol. The lowest BCUT2D eigenvalue weighted by atomic mass is 9.82. The standard InChI is InChI=1S/C51H36N2/c1-51(2)45-24-10-9-18-44(45)49-40(20-13-25-46(49)51)37-28-26-36-31-38(29-27-35(36)30-37)47-32-48(53-50(52-47)34-16-7-4-8-17-34)43-23-12-21-41-39(19-11-22-42(41)43)33-14-5-3-6-15-33/h3-32H,1-2H3. The predicted octanol–water partition coefficient (Wildman–Crippen LogP) is 13.4. The Bertz CT molecular complexity index is 2850. The maximum atomic E-state index is 5.20. The summed E-state index contributed by atoms with van der Waals surface area (Å²) >= 11 is 0. The fourth-order valence-electron chi connectivity index (χ4n) is 8.42. The van der Waals surface area contributed by atoms with Crippen LogP contribution in [0.25, 0.3) is 88.8 Å². The Morgan fingerprint density at radius 3 is 1.68 bits per heavy atom. The minimum absolute atomic E-state index is 0.0289. The maximum absolute atomic E-state index is 5.20. The summed E-state index contributed by atoms with van der Waals surface area (Å²) in [6.45, 7) is 4.68. The van der Waals surface area contributed by atoms with E-state index in [1.165, 1.54) is 66.1 Å². The number of benzene rings is 8. The van der Waals surface area contributed by atoms with E-state index in [-0.39, 0.29) is 5.41 Å². The molecule has 0 saturated heterocycles. The van der Waals surface area contributed by atoms with Crippen LogP contribution in [-0.2, 0) is 5.41 Å². The molecule has 0 saturated carbocycles. The van der Waals surface area contributed by atoms with Gasteiger partial charge in [-0.05, 0) is 84.3 Å². The van der Waals surface area contributed by atoms with Crippen molar-refractivity contribution in [3.8, 4) is 67.3 Å². The topological polar surface area (TPSA) is 25.8 Å². The Morgan fingerprint density at radius 2 is 0.906 bits per heavy atom. The molecule has 1 aliphatic rings. The van der Waals surface area contributed by atoms with Gasteiger partial charge in [0.25, 0.3) is 0 Å². The second-order valence-electron chi connectivity index (χ2n) is 14.6. The van der Waals surface area contributed by atoms with Gasteiger partial charge in [-0.15, -0.1) is 0 Å².